The second kappa shape index (κ2) is 7.30. The van der Waals surface area contributed by atoms with Gasteiger partial charge in [0, 0.05) is 43.8 Å². The summed E-state index contributed by atoms with van der Waals surface area (Å²) in [7, 11) is 0. The molecule has 8 heavy (non-hydrogen) atoms. The van der Waals surface area contributed by atoms with Crippen molar-refractivity contribution in [3.05, 3.63) is 24.8 Å². The predicted molar refractivity (Wildman–Crippen MR) is 28.5 cm³/mol. The van der Waals surface area contributed by atoms with Crippen molar-refractivity contribution in [2.45, 2.75) is 0 Å². The maximum absolute atomic E-state index is 3.73. The standard InChI is InChI=1S/C4H4N2.Ca.H2O/c1-2-5-4-6-3-1;;/h1-4H;;1H2. The van der Waals surface area contributed by atoms with E-state index >= 15 is 0 Å². The molecular weight excluding hydrogens is 132 g/mol. The van der Waals surface area contributed by atoms with E-state index in [1.807, 2.05) is 12.3 Å². The fourth-order valence-corrected chi connectivity index (χ4v) is 0.277. The Labute approximate surface area is 77.5 Å². The third kappa shape index (κ3) is 4.46. The van der Waals surface area contributed by atoms with Gasteiger partial charge in [-0.2, -0.15) is 0 Å². The van der Waals surface area contributed by atoms with Crippen molar-refractivity contribution < 1.29 is 10.5 Å². The monoisotopic (exact) mass is 138 g/mol. The molecule has 0 aliphatic carbocycles. The van der Waals surface area contributed by atoms with E-state index in [9.17, 15) is 0 Å². The van der Waals surface area contributed by atoms with Crippen LogP contribution in [0.4, 0.5) is 0 Å². The van der Waals surface area contributed by atoms with Gasteiger partial charge in [-0.1, -0.05) is 4.98 Å². The average molecular weight is 138 g/mol. The van der Waals surface area contributed by atoms with Gasteiger partial charge in [-0.3, -0.25) is 4.98 Å². The summed E-state index contributed by atoms with van der Waals surface area (Å²) < 4.78 is 0. The minimum absolute atomic E-state index is 0. The number of hydrogen-bond acceptors (Lipinski definition) is 2. The SMILES string of the molecule is [Ca].[OH-].c1cnc[nH+]c1. The van der Waals surface area contributed by atoms with E-state index in [-0.39, 0.29) is 43.2 Å². The number of aromatic amines is 1. The van der Waals surface area contributed by atoms with Crippen molar-refractivity contribution in [2.24, 2.45) is 0 Å². The molecule has 0 aliphatic heterocycles. The van der Waals surface area contributed by atoms with Crippen LogP contribution in [-0.4, -0.2) is 48.2 Å². The van der Waals surface area contributed by atoms with Crippen LogP contribution in [0, 0.1) is 0 Å². The smallest absolute Gasteiger partial charge is 0.283 e. The Kier molecular flexibility index (Phi) is 10.2. The Bertz CT molecular complexity index is 86.0. The maximum atomic E-state index is 3.73. The molecule has 3 nitrogen and oxygen atoms in total. The second-order valence-electron chi connectivity index (χ2n) is 0.953. The minimum atomic E-state index is 0. The van der Waals surface area contributed by atoms with E-state index in [0.717, 1.165) is 0 Å². The second-order valence-corrected chi connectivity index (χ2v) is 0.953. The van der Waals surface area contributed by atoms with Crippen LogP contribution in [-0.2, 0) is 0 Å². The Morgan fingerprint density at radius 1 is 1.38 bits per heavy atom. The number of H-pyrrole nitrogens is 1. The summed E-state index contributed by atoms with van der Waals surface area (Å²) in [6, 6.07) is 1.83. The molecule has 1 aromatic rings. The molecule has 1 aromatic heterocycles. The summed E-state index contributed by atoms with van der Waals surface area (Å²) in [6.45, 7) is 0. The number of hydrogen-bond donors (Lipinski definition) is 0. The van der Waals surface area contributed by atoms with E-state index in [1.54, 1.807) is 12.5 Å². The largest absolute Gasteiger partial charge is 0.870 e. The molecule has 4 heteroatoms. The van der Waals surface area contributed by atoms with Gasteiger partial charge in [-0.25, -0.2) is 0 Å². The third-order valence-electron chi connectivity index (χ3n) is 0.514. The first kappa shape index (κ1) is 11.1. The van der Waals surface area contributed by atoms with Crippen molar-refractivity contribution in [2.75, 3.05) is 0 Å². The first-order valence-electron chi connectivity index (χ1n) is 1.76. The van der Waals surface area contributed by atoms with Gasteiger partial charge in [0.1, 0.15) is 6.20 Å². The molecule has 40 valence electrons. The molecule has 0 atom stereocenters. The van der Waals surface area contributed by atoms with Crippen molar-refractivity contribution in [1.29, 1.82) is 0 Å². The van der Waals surface area contributed by atoms with E-state index in [4.69, 9.17) is 0 Å². The molecule has 2 N–H and O–H groups in total. The van der Waals surface area contributed by atoms with Crippen LogP contribution in [0.25, 0.3) is 0 Å². The predicted octanol–water partition coefficient (Wildman–Crippen LogP) is -0.662. The van der Waals surface area contributed by atoms with Gasteiger partial charge in [-0.05, 0) is 0 Å². The molecule has 0 amide bonds. The number of aromatic nitrogens is 2. The Morgan fingerprint density at radius 2 is 2.12 bits per heavy atom. The molecule has 0 aromatic carbocycles. The zero-order valence-corrected chi connectivity index (χ0v) is 6.62. The van der Waals surface area contributed by atoms with Gasteiger partial charge in [0.15, 0.2) is 0 Å². The Balaban J connectivity index is 0. The van der Waals surface area contributed by atoms with E-state index in [0.29, 0.717) is 0 Å². The fourth-order valence-electron chi connectivity index (χ4n) is 0.277. The van der Waals surface area contributed by atoms with Gasteiger partial charge in [0.05, 0.1) is 6.20 Å². The molecule has 0 aliphatic rings. The van der Waals surface area contributed by atoms with E-state index in [1.165, 1.54) is 0 Å². The fraction of sp³-hybridized carbons (Fsp3) is 0. The molecule has 0 saturated heterocycles. The maximum Gasteiger partial charge on any atom is 0.283 e. The molecular formula is C4H6CaN2O. The Hall–Kier alpha value is 0.300. The van der Waals surface area contributed by atoms with Gasteiger partial charge >= 0.3 is 0 Å². The van der Waals surface area contributed by atoms with Crippen molar-refractivity contribution in [3.8, 4) is 0 Å². The van der Waals surface area contributed by atoms with Gasteiger partial charge in [-0.15, -0.1) is 0 Å². The van der Waals surface area contributed by atoms with Crippen LogP contribution in [0.2, 0.25) is 0 Å². The zero-order valence-electron chi connectivity index (χ0n) is 4.41. The molecule has 0 saturated carbocycles. The molecule has 1 rings (SSSR count). The summed E-state index contributed by atoms with van der Waals surface area (Å²) in [4.78, 5) is 6.51. The molecule has 0 unspecified atom stereocenters. The normalized spacial score (nSPS) is 6.00. The number of rotatable bonds is 0. The first-order valence-corrected chi connectivity index (χ1v) is 1.76. The minimum Gasteiger partial charge on any atom is -0.870 e. The molecule has 0 spiro atoms. The van der Waals surface area contributed by atoms with Crippen LogP contribution in [0.15, 0.2) is 24.8 Å². The Morgan fingerprint density at radius 3 is 2.25 bits per heavy atom. The molecule has 0 fully saturated rings. The quantitative estimate of drug-likeness (QED) is 0.447. The van der Waals surface area contributed by atoms with Gasteiger partial charge in [0.2, 0.25) is 0 Å². The summed E-state index contributed by atoms with van der Waals surface area (Å²) in [5, 5.41) is 0. The van der Waals surface area contributed by atoms with Gasteiger partial charge in [0.25, 0.3) is 6.33 Å². The van der Waals surface area contributed by atoms with Crippen LogP contribution < -0.4 is 4.98 Å². The van der Waals surface area contributed by atoms with Crippen LogP contribution in [0.5, 0.6) is 0 Å². The zero-order chi connectivity index (χ0) is 4.24. The van der Waals surface area contributed by atoms with Crippen molar-refractivity contribution >= 4 is 37.7 Å². The molecule has 0 bridgehead atoms. The average Bonchev–Trinajstić information content (AvgIpc) is 1.72. The molecule has 1 heterocycles. The van der Waals surface area contributed by atoms with Crippen LogP contribution in [0.1, 0.15) is 0 Å². The summed E-state index contributed by atoms with van der Waals surface area (Å²) in [6.07, 6.45) is 5.16. The number of nitrogens with zero attached hydrogens (tertiary/aromatic N) is 1. The topological polar surface area (TPSA) is 57.0 Å². The first-order chi connectivity index (χ1) is 3.00. The van der Waals surface area contributed by atoms with E-state index in [2.05, 4.69) is 9.97 Å². The van der Waals surface area contributed by atoms with Gasteiger partial charge < -0.3 is 5.48 Å². The summed E-state index contributed by atoms with van der Waals surface area (Å²) in [5.74, 6) is 0. The summed E-state index contributed by atoms with van der Waals surface area (Å²) >= 11 is 0. The molecule has 2 radical (unpaired) electrons. The van der Waals surface area contributed by atoms with Crippen LogP contribution in [0.3, 0.4) is 0 Å². The summed E-state index contributed by atoms with van der Waals surface area (Å²) in [5.41, 5.74) is 0. The van der Waals surface area contributed by atoms with Crippen LogP contribution >= 0.6 is 0 Å². The van der Waals surface area contributed by atoms with E-state index < -0.39 is 0 Å². The number of nitrogens with one attached hydrogen (secondary N) is 1. The van der Waals surface area contributed by atoms with Crippen molar-refractivity contribution in [1.82, 2.24) is 4.98 Å². The third-order valence-corrected chi connectivity index (χ3v) is 0.514. The van der Waals surface area contributed by atoms with Crippen molar-refractivity contribution in [3.63, 3.8) is 0 Å².